The maximum atomic E-state index is 12.7. The van der Waals surface area contributed by atoms with Gasteiger partial charge < -0.3 is 9.64 Å². The summed E-state index contributed by atoms with van der Waals surface area (Å²) in [5, 5.41) is 7.57. The lowest BCUT2D eigenvalue weighted by Gasteiger charge is -2.32. The predicted octanol–water partition coefficient (Wildman–Crippen LogP) is 2.58. The topological polar surface area (TPSA) is 73.1 Å². The zero-order valence-electron chi connectivity index (χ0n) is 15.2. The Kier molecular flexibility index (Phi) is 4.93. The molecule has 1 atom stereocenters. The smallest absolute Gasteiger partial charge is 0.254 e. The van der Waals surface area contributed by atoms with Gasteiger partial charge >= 0.3 is 0 Å². The molecule has 1 fully saturated rings. The van der Waals surface area contributed by atoms with Crippen LogP contribution in [0.25, 0.3) is 16.9 Å². The summed E-state index contributed by atoms with van der Waals surface area (Å²) in [6, 6.07) is 11.6. The van der Waals surface area contributed by atoms with Crippen molar-refractivity contribution in [1.82, 2.24) is 24.6 Å². The van der Waals surface area contributed by atoms with Crippen LogP contribution < -0.4 is 0 Å². The summed E-state index contributed by atoms with van der Waals surface area (Å²) < 4.78 is 7.39. The summed E-state index contributed by atoms with van der Waals surface area (Å²) >= 11 is 0. The molecule has 1 aliphatic rings. The maximum absolute atomic E-state index is 12.7. The molecule has 4 rings (SSSR count). The third kappa shape index (κ3) is 3.73. The summed E-state index contributed by atoms with van der Waals surface area (Å²) in [7, 11) is 0. The lowest BCUT2D eigenvalue weighted by atomic mass is 10.0. The first-order chi connectivity index (χ1) is 13.2. The molecule has 27 heavy (non-hydrogen) atoms. The molecule has 0 radical (unpaired) electrons. The second-order valence-electron chi connectivity index (χ2n) is 6.50. The summed E-state index contributed by atoms with van der Waals surface area (Å²) in [5.74, 6) is 0.817. The molecule has 1 amide bonds. The highest BCUT2D eigenvalue weighted by Gasteiger charge is 2.23. The van der Waals surface area contributed by atoms with Crippen molar-refractivity contribution in [3.05, 3.63) is 60.8 Å². The number of aromatic nitrogens is 4. The van der Waals surface area contributed by atoms with Crippen molar-refractivity contribution >= 4 is 5.91 Å². The average Bonchev–Trinajstić information content (AvgIpc) is 3.28. The van der Waals surface area contributed by atoms with Crippen LogP contribution in [0.5, 0.6) is 0 Å². The number of ether oxygens (including phenoxy) is 1. The summed E-state index contributed by atoms with van der Waals surface area (Å²) in [6.07, 6.45) is 6.08. The van der Waals surface area contributed by atoms with Gasteiger partial charge in [0.25, 0.3) is 5.91 Å². The SMILES string of the molecule is CC[C@H]1CN(C(=O)c2ccc(-c3ccc(-n4cnnc4)nc3)cc2)CCO1. The number of hydrogen-bond donors (Lipinski definition) is 0. The standard InChI is InChI=1S/C20H21N5O2/c1-2-18-12-24(9-10-27-18)20(26)16-5-3-15(4-6-16)17-7-8-19(21-11-17)25-13-22-23-14-25/h3-8,11,13-14,18H,2,9-10,12H2,1H3/t18-/m0/s1. The van der Waals surface area contributed by atoms with Crippen molar-refractivity contribution in [3.8, 4) is 16.9 Å². The summed E-state index contributed by atoms with van der Waals surface area (Å²) in [6.45, 7) is 3.99. The highest BCUT2D eigenvalue weighted by atomic mass is 16.5. The fraction of sp³-hybridized carbons (Fsp3) is 0.300. The molecular weight excluding hydrogens is 342 g/mol. The first-order valence-electron chi connectivity index (χ1n) is 9.07. The number of carbonyl (C=O) groups excluding carboxylic acids is 1. The number of pyridine rings is 1. The molecular formula is C20H21N5O2. The van der Waals surface area contributed by atoms with Crippen LogP contribution in [-0.2, 0) is 4.74 Å². The van der Waals surface area contributed by atoms with E-state index in [1.165, 1.54) is 0 Å². The van der Waals surface area contributed by atoms with E-state index in [0.717, 1.165) is 23.4 Å². The van der Waals surface area contributed by atoms with Gasteiger partial charge in [-0.25, -0.2) is 4.98 Å². The molecule has 0 spiro atoms. The average molecular weight is 363 g/mol. The molecule has 3 aromatic rings. The third-order valence-corrected chi connectivity index (χ3v) is 4.78. The monoisotopic (exact) mass is 363 g/mol. The fourth-order valence-corrected chi connectivity index (χ4v) is 3.17. The van der Waals surface area contributed by atoms with Crippen LogP contribution in [0.1, 0.15) is 23.7 Å². The van der Waals surface area contributed by atoms with E-state index in [1.807, 2.05) is 41.3 Å². The highest BCUT2D eigenvalue weighted by molar-refractivity contribution is 5.94. The number of rotatable bonds is 4. The summed E-state index contributed by atoms with van der Waals surface area (Å²) in [5.41, 5.74) is 2.70. The lowest BCUT2D eigenvalue weighted by Crippen LogP contribution is -2.45. The quantitative estimate of drug-likeness (QED) is 0.712. The fourth-order valence-electron chi connectivity index (χ4n) is 3.17. The molecule has 0 unspecified atom stereocenters. The van der Waals surface area contributed by atoms with Gasteiger partial charge in [0.2, 0.25) is 0 Å². The van der Waals surface area contributed by atoms with E-state index in [2.05, 4.69) is 22.1 Å². The number of nitrogens with zero attached hydrogens (tertiary/aromatic N) is 5. The molecule has 0 saturated carbocycles. The van der Waals surface area contributed by atoms with Gasteiger partial charge in [-0.1, -0.05) is 19.1 Å². The Labute approximate surface area is 157 Å². The number of morpholine rings is 1. The van der Waals surface area contributed by atoms with E-state index in [0.29, 0.717) is 25.3 Å². The first-order valence-corrected chi connectivity index (χ1v) is 9.07. The molecule has 1 aliphatic heterocycles. The van der Waals surface area contributed by atoms with Gasteiger partial charge in [0.15, 0.2) is 0 Å². The maximum Gasteiger partial charge on any atom is 0.254 e. The van der Waals surface area contributed by atoms with E-state index in [1.54, 1.807) is 23.4 Å². The van der Waals surface area contributed by atoms with Crippen LogP contribution in [0, 0.1) is 0 Å². The van der Waals surface area contributed by atoms with Crippen LogP contribution in [-0.4, -0.2) is 56.4 Å². The Bertz CT molecular complexity index is 891. The zero-order chi connectivity index (χ0) is 18.6. The molecule has 1 saturated heterocycles. The van der Waals surface area contributed by atoms with Crippen molar-refractivity contribution in [2.24, 2.45) is 0 Å². The molecule has 1 aromatic carbocycles. The first kappa shape index (κ1) is 17.4. The summed E-state index contributed by atoms with van der Waals surface area (Å²) in [4.78, 5) is 19.0. The van der Waals surface area contributed by atoms with E-state index in [9.17, 15) is 4.79 Å². The Morgan fingerprint density at radius 3 is 2.52 bits per heavy atom. The van der Waals surface area contributed by atoms with Gasteiger partial charge in [0, 0.05) is 30.4 Å². The Morgan fingerprint density at radius 1 is 1.11 bits per heavy atom. The van der Waals surface area contributed by atoms with Crippen molar-refractivity contribution in [1.29, 1.82) is 0 Å². The van der Waals surface area contributed by atoms with Gasteiger partial charge in [-0.15, -0.1) is 10.2 Å². The second kappa shape index (κ2) is 7.67. The molecule has 138 valence electrons. The van der Waals surface area contributed by atoms with Gasteiger partial charge in [-0.05, 0) is 36.2 Å². The molecule has 2 aromatic heterocycles. The van der Waals surface area contributed by atoms with Crippen LogP contribution >= 0.6 is 0 Å². The zero-order valence-corrected chi connectivity index (χ0v) is 15.2. The van der Waals surface area contributed by atoms with Crippen LogP contribution in [0.15, 0.2) is 55.2 Å². The molecule has 0 aliphatic carbocycles. The minimum absolute atomic E-state index is 0.0596. The van der Waals surface area contributed by atoms with E-state index >= 15 is 0 Å². The van der Waals surface area contributed by atoms with E-state index < -0.39 is 0 Å². The predicted molar refractivity (Wildman–Crippen MR) is 101 cm³/mol. The largest absolute Gasteiger partial charge is 0.375 e. The third-order valence-electron chi connectivity index (χ3n) is 4.78. The van der Waals surface area contributed by atoms with Crippen LogP contribution in [0.3, 0.4) is 0 Å². The van der Waals surface area contributed by atoms with Crippen molar-refractivity contribution in [2.75, 3.05) is 19.7 Å². The number of amides is 1. The Hall–Kier alpha value is -3.06. The van der Waals surface area contributed by atoms with Gasteiger partial charge in [-0.2, -0.15) is 0 Å². The number of hydrogen-bond acceptors (Lipinski definition) is 5. The number of carbonyl (C=O) groups is 1. The lowest BCUT2D eigenvalue weighted by molar-refractivity contribution is -0.0226. The second-order valence-corrected chi connectivity index (χ2v) is 6.50. The molecule has 7 heteroatoms. The molecule has 0 N–H and O–H groups in total. The molecule has 3 heterocycles. The van der Waals surface area contributed by atoms with E-state index in [-0.39, 0.29) is 12.0 Å². The van der Waals surface area contributed by atoms with Crippen molar-refractivity contribution in [3.63, 3.8) is 0 Å². The molecule has 0 bridgehead atoms. The van der Waals surface area contributed by atoms with Gasteiger partial charge in [0.1, 0.15) is 18.5 Å². The molecule has 7 nitrogen and oxygen atoms in total. The van der Waals surface area contributed by atoms with Crippen molar-refractivity contribution < 1.29 is 9.53 Å². The Morgan fingerprint density at radius 2 is 1.85 bits per heavy atom. The Balaban J connectivity index is 1.48. The van der Waals surface area contributed by atoms with Crippen LogP contribution in [0.2, 0.25) is 0 Å². The highest BCUT2D eigenvalue weighted by Crippen LogP contribution is 2.21. The van der Waals surface area contributed by atoms with Crippen molar-refractivity contribution in [2.45, 2.75) is 19.4 Å². The van der Waals surface area contributed by atoms with Crippen LogP contribution in [0.4, 0.5) is 0 Å². The van der Waals surface area contributed by atoms with Gasteiger partial charge in [-0.3, -0.25) is 9.36 Å². The number of benzene rings is 1. The normalized spacial score (nSPS) is 17.1. The minimum atomic E-state index is 0.0596. The van der Waals surface area contributed by atoms with Gasteiger partial charge in [0.05, 0.1) is 12.7 Å². The minimum Gasteiger partial charge on any atom is -0.375 e. The van der Waals surface area contributed by atoms with E-state index in [4.69, 9.17) is 4.74 Å².